The largest absolute Gasteiger partial charge is 0.509 e. The van der Waals surface area contributed by atoms with Crippen LogP contribution in [0.15, 0.2) is 206 Å². The number of hydrogen-bond acceptors (Lipinski definition) is 6. The molecule has 0 N–H and O–H groups in total. The second-order valence-electron chi connectivity index (χ2n) is 21.0. The van der Waals surface area contributed by atoms with Crippen LogP contribution in [-0.2, 0) is 21.1 Å². The van der Waals surface area contributed by atoms with Gasteiger partial charge in [-0.05, 0) is 106 Å². The zero-order valence-corrected chi connectivity index (χ0v) is 47.4. The minimum atomic E-state index is -2.08. The van der Waals surface area contributed by atoms with Gasteiger partial charge < -0.3 is 28.9 Å². The van der Waals surface area contributed by atoms with E-state index in [4.69, 9.17) is 9.72 Å². The minimum Gasteiger partial charge on any atom is -0.509 e. The number of rotatable bonds is 7. The molecule has 0 unspecified atom stereocenters. The van der Waals surface area contributed by atoms with Gasteiger partial charge in [-0.2, -0.15) is 18.8 Å². The first-order chi connectivity index (χ1) is 36.6. The topological polar surface area (TPSA) is 40.0 Å². The van der Waals surface area contributed by atoms with Gasteiger partial charge in [0.2, 0.25) is 0 Å². The van der Waals surface area contributed by atoms with Crippen LogP contribution in [0, 0.1) is 25.7 Å². The van der Waals surface area contributed by atoms with E-state index in [1.54, 1.807) is 0 Å². The van der Waals surface area contributed by atoms with E-state index in [1.165, 1.54) is 43.5 Å². The quantitative estimate of drug-likeness (QED) is 0.117. The van der Waals surface area contributed by atoms with Crippen LogP contribution in [0.25, 0.3) is 38.8 Å². The van der Waals surface area contributed by atoms with Gasteiger partial charge in [0.25, 0.3) is 0 Å². The van der Waals surface area contributed by atoms with E-state index < -0.39 is 16.1 Å². The third-order valence-electron chi connectivity index (χ3n) is 16.0. The Hall–Kier alpha value is -7.95. The summed E-state index contributed by atoms with van der Waals surface area (Å²) in [6, 6.07) is 79.8. The van der Waals surface area contributed by atoms with Gasteiger partial charge in [-0.1, -0.05) is 141 Å². The van der Waals surface area contributed by atoms with E-state index in [1.807, 2.05) is 18.2 Å². The van der Waals surface area contributed by atoms with Crippen molar-refractivity contribution < 1.29 is 25.8 Å². The Morgan fingerprint density at radius 3 is 1.55 bits per heavy atom. The van der Waals surface area contributed by atoms with E-state index in [0.29, 0.717) is 11.5 Å². The minimum absolute atomic E-state index is 0. The maximum absolute atomic E-state index is 6.65. The average Bonchev–Trinajstić information content (AvgIpc) is 4.04. The molecule has 3 aliphatic rings. The molecule has 3 aliphatic heterocycles. The molecule has 0 bridgehead atoms. The number of aromatic nitrogens is 2. The Balaban J connectivity index is 0.00000553. The molecule has 11 aromatic rings. The fourth-order valence-electron chi connectivity index (χ4n) is 12.3. The van der Waals surface area contributed by atoms with Crippen molar-refractivity contribution in [3.8, 4) is 28.4 Å². The van der Waals surface area contributed by atoms with Crippen molar-refractivity contribution in [1.82, 2.24) is 9.55 Å². The Morgan fingerprint density at radius 1 is 0.487 bits per heavy atom. The van der Waals surface area contributed by atoms with Crippen LogP contribution in [0.2, 0.25) is 26.2 Å². The first-order valence-corrected chi connectivity index (χ1v) is 31.8. The van der Waals surface area contributed by atoms with E-state index in [2.05, 4.69) is 271 Å². The first-order valence-electron chi connectivity index (χ1n) is 25.8. The number of nitrogens with zero attached hydrogens (tertiary/aromatic N) is 6. The predicted molar refractivity (Wildman–Crippen MR) is 317 cm³/mol. The Labute approximate surface area is 461 Å². The zero-order valence-electron chi connectivity index (χ0n) is 43.1. The molecule has 2 aromatic heterocycles. The Morgan fingerprint density at radius 2 is 0.974 bits per heavy atom. The van der Waals surface area contributed by atoms with Crippen LogP contribution in [0.3, 0.4) is 0 Å². The molecule has 5 heterocycles. The van der Waals surface area contributed by atoms with Crippen molar-refractivity contribution >= 4 is 110 Å². The summed E-state index contributed by atoms with van der Waals surface area (Å²) in [6.07, 6.45) is 2.11. The molecule has 0 atom stereocenters. The molecular formula is C66H53N6OPtSi2-3. The molecule has 374 valence electrons. The second-order valence-corrected chi connectivity index (χ2v) is 29.7. The van der Waals surface area contributed by atoms with Crippen molar-refractivity contribution in [2.45, 2.75) is 33.1 Å². The van der Waals surface area contributed by atoms with Gasteiger partial charge in [0.1, 0.15) is 22.0 Å². The number of ether oxygens (including phenoxy) is 1. The molecule has 0 saturated carbocycles. The van der Waals surface area contributed by atoms with Crippen LogP contribution in [0.1, 0.15) is 5.56 Å². The van der Waals surface area contributed by atoms with Gasteiger partial charge >= 0.3 is 0 Å². The molecular weight excluding hydrogens is 1140 g/mol. The summed E-state index contributed by atoms with van der Waals surface area (Å²) < 4.78 is 8.89. The van der Waals surface area contributed by atoms with Crippen LogP contribution >= 0.6 is 0 Å². The predicted octanol–water partition coefficient (Wildman–Crippen LogP) is 14.5. The summed E-state index contributed by atoms with van der Waals surface area (Å²) in [6.45, 7) is 14.3. The van der Waals surface area contributed by atoms with E-state index in [-0.39, 0.29) is 21.1 Å². The number of fused-ring (bicyclic) bond motifs is 8. The van der Waals surface area contributed by atoms with Gasteiger partial charge in [-0.15, -0.1) is 41.4 Å². The fraction of sp³-hybridized carbons (Fsp3) is 0.0909. The normalized spacial score (nSPS) is 14.7. The molecule has 10 heteroatoms. The van der Waals surface area contributed by atoms with Gasteiger partial charge in [0.15, 0.2) is 0 Å². The summed E-state index contributed by atoms with van der Waals surface area (Å²) in [5, 5.41) is 7.88. The van der Waals surface area contributed by atoms with E-state index in [9.17, 15) is 0 Å². The number of pyridine rings is 1. The molecule has 0 radical (unpaired) electrons. The molecule has 0 spiro atoms. The Kier molecular flexibility index (Phi) is 11.4. The molecule has 76 heavy (non-hydrogen) atoms. The first kappa shape index (κ1) is 47.7. The SMILES string of the molecule is Cc1cc(-n2c3[c-]c(Oc4[c-]c(N5[CH-]N(C)c6ccccc65)ccc4)ccc3c3ccccc32)ncc1-c1c(N2c3ccccc3[Si](C)(C)c3ccccc32)cccc1N1c2ccccc2[Si](C)(C)c2ccccc21.[Pt]. The fourth-order valence-corrected chi connectivity index (χ4v) is 18.3. The standard InChI is InChI=1S/C66H53N6OSi2.Pt/c1-44-39-65(72-51-24-8-7-23-48(51)49-38-37-47(41-60(49)72)73-46-22-19-21-45(40-46)69-43-68(2)52-25-9-10-26-53(52)69)67-42-50(44)66-58(70-54-27-11-15-33-61(54)74(3,4)62-34-16-12-28-55(62)70)31-20-32-59(66)71-56-29-13-17-35-63(56)75(5,6)64-36-18-14-30-57(64)71;/h7-39,42-43H,1-6H3;/q-3;. The van der Waals surface area contributed by atoms with Crippen molar-refractivity contribution in [2.24, 2.45) is 0 Å². The third-order valence-corrected chi connectivity index (χ3v) is 23.0. The number of anilines is 9. The number of hydrogen-bond donors (Lipinski definition) is 0. The molecule has 0 aliphatic carbocycles. The number of aryl methyl sites for hydroxylation is 1. The van der Waals surface area contributed by atoms with Crippen molar-refractivity contribution in [3.63, 3.8) is 0 Å². The summed E-state index contributed by atoms with van der Waals surface area (Å²) >= 11 is 0. The van der Waals surface area contributed by atoms with E-state index >= 15 is 0 Å². The summed E-state index contributed by atoms with van der Waals surface area (Å²) in [5.41, 5.74) is 15.5. The second kappa shape index (κ2) is 18.1. The number of benzene rings is 9. The third kappa shape index (κ3) is 7.27. The summed E-state index contributed by atoms with van der Waals surface area (Å²) in [7, 11) is -2.10. The maximum atomic E-state index is 6.65. The Bertz CT molecular complexity index is 3910. The molecule has 0 amide bonds. The zero-order chi connectivity index (χ0) is 50.7. The van der Waals surface area contributed by atoms with Crippen LogP contribution in [0.5, 0.6) is 11.5 Å². The molecule has 0 saturated heterocycles. The van der Waals surface area contributed by atoms with Gasteiger partial charge in [-0.25, -0.2) is 4.98 Å². The monoisotopic (exact) mass is 1200 g/mol. The number of para-hydroxylation sites is 7. The van der Waals surface area contributed by atoms with Crippen LogP contribution in [0.4, 0.5) is 51.2 Å². The van der Waals surface area contributed by atoms with Gasteiger partial charge in [0, 0.05) is 89.5 Å². The van der Waals surface area contributed by atoms with Gasteiger partial charge in [-0.3, -0.25) is 0 Å². The van der Waals surface area contributed by atoms with Gasteiger partial charge in [0.05, 0.1) is 11.4 Å². The molecule has 9 aromatic carbocycles. The van der Waals surface area contributed by atoms with E-state index in [0.717, 1.165) is 72.8 Å². The van der Waals surface area contributed by atoms with Crippen LogP contribution in [-0.4, -0.2) is 32.7 Å². The summed E-state index contributed by atoms with van der Waals surface area (Å²) in [4.78, 5) is 14.8. The molecule has 7 nitrogen and oxygen atoms in total. The molecule has 0 fully saturated rings. The smallest absolute Gasteiger partial charge is 0.135 e. The van der Waals surface area contributed by atoms with Crippen molar-refractivity contribution in [1.29, 1.82) is 0 Å². The maximum Gasteiger partial charge on any atom is 0.135 e. The van der Waals surface area contributed by atoms with Crippen LogP contribution < -0.4 is 45.1 Å². The molecule has 14 rings (SSSR count). The van der Waals surface area contributed by atoms with Crippen molar-refractivity contribution in [3.05, 3.63) is 231 Å². The van der Waals surface area contributed by atoms with Crippen molar-refractivity contribution in [2.75, 3.05) is 26.6 Å². The summed E-state index contributed by atoms with van der Waals surface area (Å²) in [5.74, 6) is 2.00. The average molecular weight is 1200 g/mol.